The van der Waals surface area contributed by atoms with Gasteiger partial charge < -0.3 is 9.32 Å². The first-order valence-electron chi connectivity index (χ1n) is 8.38. The van der Waals surface area contributed by atoms with Gasteiger partial charge in [-0.05, 0) is 44.2 Å². The zero-order valence-electron chi connectivity index (χ0n) is 14.6. The Morgan fingerprint density at radius 1 is 1.08 bits per heavy atom. The molecule has 0 fully saturated rings. The monoisotopic (exact) mass is 386 g/mol. The number of benzene rings is 2. The fourth-order valence-corrected chi connectivity index (χ4v) is 3.99. The molecule has 0 aliphatic heterocycles. The summed E-state index contributed by atoms with van der Waals surface area (Å²) in [5.74, 6) is 0. The van der Waals surface area contributed by atoms with Crippen molar-refractivity contribution in [3.8, 4) is 10.6 Å². The lowest BCUT2D eigenvalue weighted by atomic mass is 10.1. The van der Waals surface area contributed by atoms with Gasteiger partial charge in [0.1, 0.15) is 10.6 Å². The van der Waals surface area contributed by atoms with E-state index in [0.29, 0.717) is 16.2 Å². The molecule has 0 N–H and O–H groups in total. The van der Waals surface area contributed by atoms with Gasteiger partial charge in [0.25, 0.3) is 0 Å². The maximum Gasteiger partial charge on any atom is 0.346 e. The Balaban J connectivity index is 0.00000196. The van der Waals surface area contributed by atoms with Crippen LogP contribution in [0.4, 0.5) is 5.69 Å². The van der Waals surface area contributed by atoms with Crippen molar-refractivity contribution in [2.45, 2.75) is 13.8 Å². The van der Waals surface area contributed by atoms with E-state index in [0.717, 1.165) is 34.4 Å². The van der Waals surface area contributed by atoms with Crippen molar-refractivity contribution in [2.24, 2.45) is 0 Å². The predicted octanol–water partition coefficient (Wildman–Crippen LogP) is 5.34. The lowest BCUT2D eigenvalue weighted by Gasteiger charge is -2.20. The van der Waals surface area contributed by atoms with Crippen molar-refractivity contribution in [3.63, 3.8) is 0 Å². The van der Waals surface area contributed by atoms with E-state index in [1.165, 1.54) is 11.3 Å². The third-order valence-corrected chi connectivity index (χ3v) is 5.44. The number of aromatic nitrogens is 1. The van der Waals surface area contributed by atoms with Gasteiger partial charge in [0.05, 0.1) is 15.8 Å². The molecule has 0 spiro atoms. The van der Waals surface area contributed by atoms with E-state index in [1.54, 1.807) is 0 Å². The highest BCUT2D eigenvalue weighted by atomic mass is 35.5. The first-order valence-corrected chi connectivity index (χ1v) is 9.20. The van der Waals surface area contributed by atoms with Crippen LogP contribution in [0, 0.1) is 0 Å². The molecule has 0 aliphatic carbocycles. The summed E-state index contributed by atoms with van der Waals surface area (Å²) in [7, 11) is 0. The number of hydrogen-bond acceptors (Lipinski definition) is 5. The molecule has 0 bridgehead atoms. The summed E-state index contributed by atoms with van der Waals surface area (Å²) in [6.45, 7) is 6.05. The van der Waals surface area contributed by atoms with E-state index in [2.05, 4.69) is 29.8 Å². The van der Waals surface area contributed by atoms with Crippen LogP contribution >= 0.6 is 23.7 Å². The van der Waals surface area contributed by atoms with E-state index in [9.17, 15) is 4.79 Å². The standard InChI is InChI=1S/C20H18N2O2S.ClH/c1-3-22(4-2)14-10-9-13-11-15(20(23)24-17(13)12-14)19-21-16-7-5-6-8-18(16)25-19;/h5-12H,3-4H2,1-2H3;1H. The molecule has 4 aromatic rings. The number of hydrogen-bond donors (Lipinski definition) is 0. The minimum atomic E-state index is -0.344. The maximum atomic E-state index is 12.5. The van der Waals surface area contributed by atoms with Gasteiger partial charge in [0, 0.05) is 30.2 Å². The zero-order chi connectivity index (χ0) is 17.4. The van der Waals surface area contributed by atoms with Gasteiger partial charge in [0.15, 0.2) is 0 Å². The Bertz CT molecular complexity index is 1080. The highest BCUT2D eigenvalue weighted by Crippen LogP contribution is 2.30. The topological polar surface area (TPSA) is 46.3 Å². The largest absolute Gasteiger partial charge is 0.422 e. The molecule has 0 aliphatic rings. The number of rotatable bonds is 4. The number of nitrogens with zero attached hydrogens (tertiary/aromatic N) is 2. The van der Waals surface area contributed by atoms with Crippen molar-refractivity contribution in [1.82, 2.24) is 4.98 Å². The Labute approximate surface area is 161 Å². The molecule has 0 saturated heterocycles. The number of para-hydroxylation sites is 1. The average molecular weight is 387 g/mol. The highest BCUT2D eigenvalue weighted by Gasteiger charge is 2.13. The molecule has 6 heteroatoms. The van der Waals surface area contributed by atoms with Crippen LogP contribution in [0.3, 0.4) is 0 Å². The molecule has 0 saturated carbocycles. The minimum Gasteiger partial charge on any atom is -0.422 e. The van der Waals surface area contributed by atoms with Crippen LogP contribution in [-0.2, 0) is 0 Å². The lowest BCUT2D eigenvalue weighted by Crippen LogP contribution is -2.21. The highest BCUT2D eigenvalue weighted by molar-refractivity contribution is 7.21. The second kappa shape index (κ2) is 7.48. The van der Waals surface area contributed by atoms with Gasteiger partial charge in [-0.2, -0.15) is 0 Å². The summed E-state index contributed by atoms with van der Waals surface area (Å²) in [4.78, 5) is 19.3. The molecular formula is C20H19ClN2O2S. The Hall–Kier alpha value is -2.37. The van der Waals surface area contributed by atoms with Crippen LogP contribution in [0.5, 0.6) is 0 Å². The molecule has 0 atom stereocenters. The van der Waals surface area contributed by atoms with Gasteiger partial charge in [0.2, 0.25) is 0 Å². The van der Waals surface area contributed by atoms with E-state index in [4.69, 9.17) is 4.42 Å². The van der Waals surface area contributed by atoms with Crippen LogP contribution in [0.15, 0.2) is 57.7 Å². The zero-order valence-corrected chi connectivity index (χ0v) is 16.2. The molecule has 2 aromatic heterocycles. The second-order valence-corrected chi connectivity index (χ2v) is 6.86. The fourth-order valence-electron chi connectivity index (χ4n) is 3.02. The van der Waals surface area contributed by atoms with Crippen LogP contribution in [0.25, 0.3) is 31.8 Å². The fraction of sp³-hybridized carbons (Fsp3) is 0.200. The van der Waals surface area contributed by atoms with Crippen LogP contribution in [-0.4, -0.2) is 18.1 Å². The van der Waals surface area contributed by atoms with Crippen molar-refractivity contribution in [2.75, 3.05) is 18.0 Å². The second-order valence-electron chi connectivity index (χ2n) is 5.83. The third-order valence-electron chi connectivity index (χ3n) is 4.37. The van der Waals surface area contributed by atoms with E-state index < -0.39 is 0 Å². The summed E-state index contributed by atoms with van der Waals surface area (Å²) in [5, 5.41) is 1.61. The van der Waals surface area contributed by atoms with Gasteiger partial charge in [-0.25, -0.2) is 9.78 Å². The summed E-state index contributed by atoms with van der Waals surface area (Å²) >= 11 is 1.51. The Kier molecular flexibility index (Phi) is 5.30. The van der Waals surface area contributed by atoms with Crippen LogP contribution < -0.4 is 10.5 Å². The summed E-state index contributed by atoms with van der Waals surface area (Å²) in [6, 6.07) is 15.8. The van der Waals surface area contributed by atoms with Gasteiger partial charge >= 0.3 is 5.63 Å². The molecule has 0 radical (unpaired) electrons. The Morgan fingerprint density at radius 2 is 1.85 bits per heavy atom. The van der Waals surface area contributed by atoms with Crippen molar-refractivity contribution in [3.05, 3.63) is 59.0 Å². The predicted molar refractivity (Wildman–Crippen MR) is 112 cm³/mol. The van der Waals surface area contributed by atoms with Gasteiger partial charge in [-0.15, -0.1) is 23.7 Å². The SMILES string of the molecule is CCN(CC)c1ccc2cc(-c3nc4ccccc4s3)c(=O)oc2c1.Cl. The normalized spacial score (nSPS) is 10.8. The van der Waals surface area contributed by atoms with Crippen LogP contribution in [0.2, 0.25) is 0 Å². The van der Waals surface area contributed by atoms with Gasteiger partial charge in [-0.1, -0.05) is 12.1 Å². The summed E-state index contributed by atoms with van der Waals surface area (Å²) in [6.07, 6.45) is 0. The number of thiazole rings is 1. The number of fused-ring (bicyclic) bond motifs is 2. The molecule has 2 heterocycles. The van der Waals surface area contributed by atoms with Crippen molar-refractivity contribution < 1.29 is 4.42 Å². The smallest absolute Gasteiger partial charge is 0.346 e. The number of halogens is 1. The molecule has 134 valence electrons. The third kappa shape index (κ3) is 3.20. The molecule has 2 aromatic carbocycles. The van der Waals surface area contributed by atoms with Crippen LogP contribution in [0.1, 0.15) is 13.8 Å². The summed E-state index contributed by atoms with van der Waals surface area (Å²) < 4.78 is 6.67. The van der Waals surface area contributed by atoms with Crippen molar-refractivity contribution >= 4 is 50.6 Å². The van der Waals surface area contributed by atoms with Gasteiger partial charge in [-0.3, -0.25) is 0 Å². The lowest BCUT2D eigenvalue weighted by molar-refractivity contribution is 0.563. The minimum absolute atomic E-state index is 0. The molecular weight excluding hydrogens is 368 g/mol. The molecule has 0 unspecified atom stereocenters. The first kappa shape index (κ1) is 18.4. The van der Waals surface area contributed by atoms with E-state index in [1.807, 2.05) is 42.5 Å². The summed E-state index contributed by atoms with van der Waals surface area (Å²) in [5.41, 5.74) is 2.75. The van der Waals surface area contributed by atoms with E-state index >= 15 is 0 Å². The first-order chi connectivity index (χ1) is 12.2. The molecule has 4 rings (SSSR count). The average Bonchev–Trinajstić information content (AvgIpc) is 3.06. The molecule has 4 nitrogen and oxygen atoms in total. The van der Waals surface area contributed by atoms with E-state index in [-0.39, 0.29) is 18.0 Å². The quantitative estimate of drug-likeness (QED) is 0.444. The molecule has 0 amide bonds. The maximum absolute atomic E-state index is 12.5. The number of anilines is 1. The molecule has 26 heavy (non-hydrogen) atoms. The Morgan fingerprint density at radius 3 is 2.58 bits per heavy atom. The van der Waals surface area contributed by atoms with Crippen molar-refractivity contribution in [1.29, 1.82) is 0 Å².